The van der Waals surface area contributed by atoms with Crippen molar-refractivity contribution in [1.82, 2.24) is 4.90 Å². The summed E-state index contributed by atoms with van der Waals surface area (Å²) in [5, 5.41) is 28.3. The van der Waals surface area contributed by atoms with Gasteiger partial charge in [-0.25, -0.2) is 0 Å². The van der Waals surface area contributed by atoms with Gasteiger partial charge in [-0.1, -0.05) is 37.3 Å². The van der Waals surface area contributed by atoms with Crippen molar-refractivity contribution in [3.63, 3.8) is 0 Å². The predicted molar refractivity (Wildman–Crippen MR) is 92.7 cm³/mol. The number of carbonyl (C=O) groups is 2. The van der Waals surface area contributed by atoms with Crippen molar-refractivity contribution in [1.29, 1.82) is 0 Å². The molecule has 2 unspecified atom stereocenters. The number of carbonyl (C=O) groups excluding carboxylic acids is 1. The smallest absolute Gasteiger partial charge is 0.305 e. The third-order valence-corrected chi connectivity index (χ3v) is 4.82. The van der Waals surface area contributed by atoms with Crippen molar-refractivity contribution >= 4 is 11.9 Å². The highest BCUT2D eigenvalue weighted by molar-refractivity contribution is 5.79. The van der Waals surface area contributed by atoms with Gasteiger partial charge in [0.1, 0.15) is 0 Å². The number of nitrogens with zero attached hydrogens (tertiary/aromatic N) is 1. The number of aliphatic hydroxyl groups excluding tert-OH is 2. The van der Waals surface area contributed by atoms with Crippen LogP contribution in [0.15, 0.2) is 30.3 Å². The monoisotopic (exact) mass is 349 g/mol. The van der Waals surface area contributed by atoms with E-state index in [9.17, 15) is 19.8 Å². The fourth-order valence-corrected chi connectivity index (χ4v) is 3.53. The van der Waals surface area contributed by atoms with Crippen LogP contribution in [0.5, 0.6) is 0 Å². The van der Waals surface area contributed by atoms with Gasteiger partial charge in [0.15, 0.2) is 0 Å². The Morgan fingerprint density at radius 1 is 1.24 bits per heavy atom. The van der Waals surface area contributed by atoms with E-state index >= 15 is 0 Å². The van der Waals surface area contributed by atoms with Crippen molar-refractivity contribution in [2.75, 3.05) is 0 Å². The molecule has 1 amide bonds. The van der Waals surface area contributed by atoms with Crippen LogP contribution < -0.4 is 0 Å². The fraction of sp³-hybridized carbons (Fsp3) is 0.579. The first-order chi connectivity index (χ1) is 11.9. The summed E-state index contributed by atoms with van der Waals surface area (Å²) in [4.78, 5) is 24.7. The summed E-state index contributed by atoms with van der Waals surface area (Å²) in [6.07, 6.45) is -0.554. The van der Waals surface area contributed by atoms with E-state index in [1.54, 1.807) is 0 Å². The Balaban J connectivity index is 1.89. The van der Waals surface area contributed by atoms with E-state index in [0.29, 0.717) is 25.8 Å². The molecule has 0 saturated carbocycles. The molecule has 1 aliphatic heterocycles. The second kappa shape index (κ2) is 8.97. The maximum atomic E-state index is 12.3. The molecule has 3 N–H and O–H groups in total. The van der Waals surface area contributed by atoms with Crippen LogP contribution >= 0.6 is 0 Å². The molecule has 2 rings (SSSR count). The molecule has 1 heterocycles. The van der Waals surface area contributed by atoms with Gasteiger partial charge in [0.2, 0.25) is 5.91 Å². The summed E-state index contributed by atoms with van der Waals surface area (Å²) < 4.78 is 0. The zero-order chi connectivity index (χ0) is 18.4. The zero-order valence-corrected chi connectivity index (χ0v) is 14.5. The van der Waals surface area contributed by atoms with E-state index in [1.165, 1.54) is 0 Å². The minimum Gasteiger partial charge on any atom is -0.481 e. The van der Waals surface area contributed by atoms with Gasteiger partial charge in [-0.3, -0.25) is 9.59 Å². The maximum absolute atomic E-state index is 12.3. The second-order valence-electron chi connectivity index (χ2n) is 6.97. The number of benzene rings is 1. The van der Waals surface area contributed by atoms with Crippen molar-refractivity contribution < 1.29 is 24.9 Å². The number of likely N-dealkylation sites (tertiary alicyclic amines) is 1. The molecule has 1 saturated heterocycles. The van der Waals surface area contributed by atoms with Crippen LogP contribution in [0.1, 0.15) is 44.6 Å². The van der Waals surface area contributed by atoms with E-state index in [2.05, 4.69) is 0 Å². The van der Waals surface area contributed by atoms with Crippen LogP contribution in [0.2, 0.25) is 0 Å². The quantitative estimate of drug-likeness (QED) is 0.631. The molecular formula is C19H27NO5. The Bertz CT molecular complexity index is 576. The van der Waals surface area contributed by atoms with E-state index in [-0.39, 0.29) is 30.7 Å². The van der Waals surface area contributed by atoms with Gasteiger partial charge in [0, 0.05) is 19.0 Å². The molecule has 138 valence electrons. The number of hydrogen-bond acceptors (Lipinski definition) is 4. The van der Waals surface area contributed by atoms with E-state index in [0.717, 1.165) is 5.56 Å². The first-order valence-electron chi connectivity index (χ1n) is 8.78. The molecule has 1 aliphatic rings. The third kappa shape index (κ3) is 5.83. The number of amides is 1. The molecule has 0 aliphatic carbocycles. The number of hydrogen-bond donors (Lipinski definition) is 3. The van der Waals surface area contributed by atoms with E-state index in [1.807, 2.05) is 42.2 Å². The van der Waals surface area contributed by atoms with Gasteiger partial charge in [0.25, 0.3) is 0 Å². The summed E-state index contributed by atoms with van der Waals surface area (Å²) in [6.45, 7) is 2.60. The molecule has 6 nitrogen and oxygen atoms in total. The van der Waals surface area contributed by atoms with Crippen molar-refractivity contribution in [3.8, 4) is 0 Å². The number of aliphatic carboxylic acids is 1. The summed E-state index contributed by atoms with van der Waals surface area (Å²) in [5.41, 5.74) is 1.08. The van der Waals surface area contributed by atoms with E-state index in [4.69, 9.17) is 5.11 Å². The van der Waals surface area contributed by atoms with Gasteiger partial charge >= 0.3 is 5.97 Å². The largest absolute Gasteiger partial charge is 0.481 e. The summed E-state index contributed by atoms with van der Waals surface area (Å²) in [7, 11) is 0. The van der Waals surface area contributed by atoms with Crippen LogP contribution in [0.3, 0.4) is 0 Å². The number of rotatable bonds is 9. The molecule has 25 heavy (non-hydrogen) atoms. The van der Waals surface area contributed by atoms with Crippen molar-refractivity contribution in [2.24, 2.45) is 5.92 Å². The molecule has 0 aromatic heterocycles. The van der Waals surface area contributed by atoms with Crippen LogP contribution in [0.25, 0.3) is 0 Å². The summed E-state index contributed by atoms with van der Waals surface area (Å²) >= 11 is 0. The predicted octanol–water partition coefficient (Wildman–Crippen LogP) is 1.79. The molecule has 0 radical (unpaired) electrons. The lowest BCUT2D eigenvalue weighted by molar-refractivity contribution is -0.139. The van der Waals surface area contributed by atoms with Crippen LogP contribution in [0, 0.1) is 5.92 Å². The highest BCUT2D eigenvalue weighted by Crippen LogP contribution is 2.30. The van der Waals surface area contributed by atoms with Crippen LogP contribution in [0.4, 0.5) is 0 Å². The topological polar surface area (TPSA) is 98.1 Å². The van der Waals surface area contributed by atoms with Crippen molar-refractivity contribution in [3.05, 3.63) is 35.9 Å². The molecular weight excluding hydrogens is 322 g/mol. The first-order valence-corrected chi connectivity index (χ1v) is 8.78. The lowest BCUT2D eigenvalue weighted by atomic mass is 9.95. The second-order valence-corrected chi connectivity index (χ2v) is 6.97. The molecule has 4 atom stereocenters. The number of carboxylic acids is 1. The molecule has 0 bridgehead atoms. The Morgan fingerprint density at radius 3 is 2.56 bits per heavy atom. The maximum Gasteiger partial charge on any atom is 0.305 e. The normalized spacial score (nSPS) is 22.8. The molecule has 6 heteroatoms. The lowest BCUT2D eigenvalue weighted by Crippen LogP contribution is -2.35. The van der Waals surface area contributed by atoms with E-state index < -0.39 is 18.2 Å². The Kier molecular flexibility index (Phi) is 6.96. The van der Waals surface area contributed by atoms with Gasteiger partial charge in [-0.15, -0.1) is 0 Å². The highest BCUT2D eigenvalue weighted by Gasteiger charge is 2.36. The molecule has 1 aromatic carbocycles. The third-order valence-electron chi connectivity index (χ3n) is 4.82. The highest BCUT2D eigenvalue weighted by atomic mass is 16.4. The van der Waals surface area contributed by atoms with Gasteiger partial charge < -0.3 is 20.2 Å². The summed E-state index contributed by atoms with van der Waals surface area (Å²) in [5.74, 6) is -0.738. The van der Waals surface area contributed by atoms with Crippen molar-refractivity contribution in [2.45, 2.75) is 63.8 Å². The fourth-order valence-electron chi connectivity index (χ4n) is 3.53. The van der Waals surface area contributed by atoms with Gasteiger partial charge in [-0.2, -0.15) is 0 Å². The van der Waals surface area contributed by atoms with Crippen LogP contribution in [-0.4, -0.2) is 50.3 Å². The van der Waals surface area contributed by atoms with Crippen LogP contribution in [-0.2, 0) is 16.1 Å². The minimum atomic E-state index is -1.08. The molecule has 1 aromatic rings. The average Bonchev–Trinajstić information content (AvgIpc) is 2.79. The van der Waals surface area contributed by atoms with Gasteiger partial charge in [0.05, 0.1) is 18.6 Å². The standard InChI is InChI=1S/C19H27NO5/c1-13-9-18(23)20(12-14-5-3-2-4-6-14)17(13)8-7-15(21)10-16(22)11-19(24)25/h2-6,13,15-17,21-22H,7-12H2,1H3,(H,24,25)/t13-,15?,16?,17+/m0/s1. The first kappa shape index (κ1) is 19.4. The zero-order valence-electron chi connectivity index (χ0n) is 14.5. The Hall–Kier alpha value is -1.92. The minimum absolute atomic E-state index is 0.0417. The lowest BCUT2D eigenvalue weighted by Gasteiger charge is -2.28. The Labute approximate surface area is 148 Å². The number of carboxylic acid groups (broad SMARTS) is 1. The molecule has 0 spiro atoms. The SMILES string of the molecule is C[C@H]1CC(=O)N(Cc2ccccc2)[C@@H]1CCC(O)CC(O)CC(=O)O. The number of aliphatic hydroxyl groups is 2. The van der Waals surface area contributed by atoms with Gasteiger partial charge in [-0.05, 0) is 30.7 Å². The average molecular weight is 349 g/mol. The Morgan fingerprint density at radius 2 is 1.92 bits per heavy atom. The summed E-state index contributed by atoms with van der Waals surface area (Å²) in [6, 6.07) is 9.87. The molecule has 1 fully saturated rings.